The number of benzene rings is 1. The third-order valence-electron chi connectivity index (χ3n) is 3.17. The number of carbonyl (C=O) groups excluding carboxylic acids is 2. The van der Waals surface area contributed by atoms with Gasteiger partial charge < -0.3 is 10.2 Å². The molecule has 4 nitrogen and oxygen atoms in total. The average molecular weight is 355 g/mol. The van der Waals surface area contributed by atoms with E-state index in [4.69, 9.17) is 0 Å². The summed E-state index contributed by atoms with van der Waals surface area (Å²) in [4.78, 5) is 25.9. The maximum absolute atomic E-state index is 12.2. The van der Waals surface area contributed by atoms with E-state index >= 15 is 0 Å². The van der Waals surface area contributed by atoms with Crippen molar-refractivity contribution in [2.75, 3.05) is 0 Å². The summed E-state index contributed by atoms with van der Waals surface area (Å²) in [7, 11) is 0. The van der Waals surface area contributed by atoms with Crippen LogP contribution in [0.15, 0.2) is 28.7 Å². The summed E-state index contributed by atoms with van der Waals surface area (Å²) in [6.45, 7) is 7.83. The molecule has 1 atom stereocenters. The molecule has 0 radical (unpaired) electrons. The summed E-state index contributed by atoms with van der Waals surface area (Å²) in [6, 6.07) is 7.35. The third kappa shape index (κ3) is 5.50. The van der Waals surface area contributed by atoms with Gasteiger partial charge in [-0.15, -0.1) is 0 Å². The molecule has 0 fully saturated rings. The van der Waals surface area contributed by atoms with Crippen LogP contribution in [-0.4, -0.2) is 28.8 Å². The first kappa shape index (κ1) is 17.7. The maximum atomic E-state index is 12.2. The first-order valence-electron chi connectivity index (χ1n) is 7.19. The normalized spacial score (nSPS) is 12.1. The molecule has 0 saturated heterocycles. The molecule has 116 valence electrons. The van der Waals surface area contributed by atoms with Crippen LogP contribution in [0.2, 0.25) is 0 Å². The molecule has 0 bridgehead atoms. The number of amides is 2. The lowest BCUT2D eigenvalue weighted by Crippen LogP contribution is -2.48. The van der Waals surface area contributed by atoms with Crippen molar-refractivity contribution >= 4 is 27.7 Å². The van der Waals surface area contributed by atoms with Gasteiger partial charge in [0.2, 0.25) is 11.8 Å². The standard InChI is InChI=1S/C16H23BrN2O2/c1-5-15(20)19(12(4)16(21)18-11(2)3)10-13-6-8-14(17)9-7-13/h6-9,11-12H,5,10H2,1-4H3,(H,18,21)/t12-/m0/s1. The van der Waals surface area contributed by atoms with E-state index in [2.05, 4.69) is 21.2 Å². The fourth-order valence-electron chi connectivity index (χ4n) is 1.98. The lowest BCUT2D eigenvalue weighted by Gasteiger charge is -2.29. The molecule has 1 aromatic rings. The van der Waals surface area contributed by atoms with Gasteiger partial charge >= 0.3 is 0 Å². The van der Waals surface area contributed by atoms with Crippen LogP contribution in [0.4, 0.5) is 0 Å². The second-order valence-electron chi connectivity index (χ2n) is 5.34. The highest BCUT2D eigenvalue weighted by atomic mass is 79.9. The molecule has 21 heavy (non-hydrogen) atoms. The summed E-state index contributed by atoms with van der Waals surface area (Å²) in [5.74, 6) is -0.145. The Morgan fingerprint density at radius 3 is 2.24 bits per heavy atom. The highest BCUT2D eigenvalue weighted by Crippen LogP contribution is 2.14. The average Bonchev–Trinajstić information content (AvgIpc) is 2.44. The van der Waals surface area contributed by atoms with Crippen LogP contribution in [-0.2, 0) is 16.1 Å². The van der Waals surface area contributed by atoms with E-state index in [0.29, 0.717) is 13.0 Å². The second-order valence-corrected chi connectivity index (χ2v) is 6.26. The zero-order chi connectivity index (χ0) is 16.0. The summed E-state index contributed by atoms with van der Waals surface area (Å²) < 4.78 is 0.991. The number of nitrogens with zero attached hydrogens (tertiary/aromatic N) is 1. The number of halogens is 1. The number of nitrogens with one attached hydrogen (secondary N) is 1. The zero-order valence-electron chi connectivity index (χ0n) is 13.0. The van der Waals surface area contributed by atoms with Crippen molar-refractivity contribution in [3.63, 3.8) is 0 Å². The Morgan fingerprint density at radius 1 is 1.19 bits per heavy atom. The molecule has 5 heteroatoms. The van der Waals surface area contributed by atoms with Gasteiger partial charge in [0.15, 0.2) is 0 Å². The van der Waals surface area contributed by atoms with Gasteiger partial charge in [0, 0.05) is 23.5 Å². The number of rotatable bonds is 6. The first-order valence-corrected chi connectivity index (χ1v) is 7.98. The topological polar surface area (TPSA) is 49.4 Å². The Hall–Kier alpha value is -1.36. The van der Waals surface area contributed by atoms with Gasteiger partial charge in [0.1, 0.15) is 6.04 Å². The summed E-state index contributed by atoms with van der Waals surface area (Å²) in [5.41, 5.74) is 1.00. The minimum Gasteiger partial charge on any atom is -0.352 e. The lowest BCUT2D eigenvalue weighted by molar-refractivity contribution is -0.140. The van der Waals surface area contributed by atoms with Gasteiger partial charge in [-0.3, -0.25) is 9.59 Å². The first-order chi connectivity index (χ1) is 9.85. The zero-order valence-corrected chi connectivity index (χ0v) is 14.6. The highest BCUT2D eigenvalue weighted by Gasteiger charge is 2.25. The predicted octanol–water partition coefficient (Wildman–Crippen LogP) is 3.10. The van der Waals surface area contributed by atoms with Crippen LogP contribution < -0.4 is 5.32 Å². The Balaban J connectivity index is 2.87. The molecule has 0 aliphatic carbocycles. The Labute approximate surface area is 135 Å². The van der Waals surface area contributed by atoms with Crippen LogP contribution in [0.1, 0.15) is 39.7 Å². The van der Waals surface area contributed by atoms with Gasteiger partial charge in [-0.1, -0.05) is 35.0 Å². The van der Waals surface area contributed by atoms with E-state index in [9.17, 15) is 9.59 Å². The SMILES string of the molecule is CCC(=O)N(Cc1ccc(Br)cc1)[C@@H](C)C(=O)NC(C)C. The molecule has 0 aliphatic rings. The van der Waals surface area contributed by atoms with Gasteiger partial charge in [0.25, 0.3) is 0 Å². The predicted molar refractivity (Wildman–Crippen MR) is 87.7 cm³/mol. The molecule has 0 spiro atoms. The van der Waals surface area contributed by atoms with Gasteiger partial charge in [-0.25, -0.2) is 0 Å². The number of carbonyl (C=O) groups is 2. The monoisotopic (exact) mass is 354 g/mol. The van der Waals surface area contributed by atoms with Crippen molar-refractivity contribution in [2.24, 2.45) is 0 Å². The molecule has 2 amide bonds. The molecule has 0 heterocycles. The molecule has 1 rings (SSSR count). The highest BCUT2D eigenvalue weighted by molar-refractivity contribution is 9.10. The lowest BCUT2D eigenvalue weighted by atomic mass is 10.1. The Kier molecular flexibility index (Phi) is 6.89. The number of hydrogen-bond acceptors (Lipinski definition) is 2. The van der Waals surface area contributed by atoms with Crippen molar-refractivity contribution in [3.05, 3.63) is 34.3 Å². The Morgan fingerprint density at radius 2 is 1.76 bits per heavy atom. The van der Waals surface area contributed by atoms with Crippen LogP contribution >= 0.6 is 15.9 Å². The molecule has 0 saturated carbocycles. The largest absolute Gasteiger partial charge is 0.352 e. The van der Waals surface area contributed by atoms with Crippen molar-refractivity contribution in [1.29, 1.82) is 0 Å². The van der Waals surface area contributed by atoms with Crippen LogP contribution in [0.3, 0.4) is 0 Å². The van der Waals surface area contributed by atoms with Crippen LogP contribution in [0, 0.1) is 0 Å². The van der Waals surface area contributed by atoms with Crippen molar-refractivity contribution in [2.45, 2.75) is 52.7 Å². The second kappa shape index (κ2) is 8.17. The van der Waals surface area contributed by atoms with E-state index < -0.39 is 6.04 Å². The van der Waals surface area contributed by atoms with Gasteiger partial charge in [-0.05, 0) is 38.5 Å². The molecule has 0 aliphatic heterocycles. The van der Waals surface area contributed by atoms with E-state index in [1.165, 1.54) is 0 Å². The molecule has 0 unspecified atom stereocenters. The van der Waals surface area contributed by atoms with Crippen LogP contribution in [0.5, 0.6) is 0 Å². The third-order valence-corrected chi connectivity index (χ3v) is 3.70. The van der Waals surface area contributed by atoms with E-state index in [1.807, 2.05) is 45.0 Å². The van der Waals surface area contributed by atoms with E-state index in [0.717, 1.165) is 10.0 Å². The van der Waals surface area contributed by atoms with Gasteiger partial charge in [0.05, 0.1) is 0 Å². The van der Waals surface area contributed by atoms with Crippen molar-refractivity contribution in [1.82, 2.24) is 10.2 Å². The smallest absolute Gasteiger partial charge is 0.242 e. The molecule has 1 aromatic carbocycles. The van der Waals surface area contributed by atoms with Crippen LogP contribution in [0.25, 0.3) is 0 Å². The maximum Gasteiger partial charge on any atom is 0.242 e. The number of hydrogen-bond donors (Lipinski definition) is 1. The van der Waals surface area contributed by atoms with Crippen molar-refractivity contribution < 1.29 is 9.59 Å². The Bertz CT molecular complexity index is 486. The fraction of sp³-hybridized carbons (Fsp3) is 0.500. The van der Waals surface area contributed by atoms with E-state index in [1.54, 1.807) is 11.8 Å². The van der Waals surface area contributed by atoms with Crippen molar-refractivity contribution in [3.8, 4) is 0 Å². The minimum absolute atomic E-state index is 0.0238. The quantitative estimate of drug-likeness (QED) is 0.853. The van der Waals surface area contributed by atoms with Gasteiger partial charge in [-0.2, -0.15) is 0 Å². The molecular weight excluding hydrogens is 332 g/mol. The molecule has 1 N–H and O–H groups in total. The minimum atomic E-state index is -0.483. The molecular formula is C16H23BrN2O2. The summed E-state index contributed by atoms with van der Waals surface area (Å²) >= 11 is 3.39. The summed E-state index contributed by atoms with van der Waals surface area (Å²) in [6.07, 6.45) is 0.385. The molecule has 0 aromatic heterocycles. The van der Waals surface area contributed by atoms with E-state index in [-0.39, 0.29) is 17.9 Å². The summed E-state index contributed by atoms with van der Waals surface area (Å²) in [5, 5.41) is 2.86. The fourth-order valence-corrected chi connectivity index (χ4v) is 2.24.